The summed E-state index contributed by atoms with van der Waals surface area (Å²) in [5.74, 6) is 2.83. The van der Waals surface area contributed by atoms with Crippen molar-refractivity contribution in [1.29, 1.82) is 0 Å². The van der Waals surface area contributed by atoms with Gasteiger partial charge in [-0.25, -0.2) is 0 Å². The maximum Gasteiger partial charge on any atom is 0.191 e. The minimum Gasteiger partial charge on any atom is -0.497 e. The van der Waals surface area contributed by atoms with Crippen molar-refractivity contribution in [3.63, 3.8) is 0 Å². The van der Waals surface area contributed by atoms with Crippen molar-refractivity contribution in [3.05, 3.63) is 29.8 Å². The fraction of sp³-hybridized carbons (Fsp3) is 0.682. The van der Waals surface area contributed by atoms with Crippen LogP contribution in [0.1, 0.15) is 50.1 Å². The fourth-order valence-corrected chi connectivity index (χ4v) is 4.60. The van der Waals surface area contributed by atoms with Crippen molar-refractivity contribution in [2.75, 3.05) is 40.3 Å². The van der Waals surface area contributed by atoms with E-state index in [4.69, 9.17) is 4.74 Å². The second-order valence-electron chi connectivity index (χ2n) is 8.48. The smallest absolute Gasteiger partial charge is 0.191 e. The molecule has 1 heterocycles. The molecule has 1 unspecified atom stereocenters. The zero-order chi connectivity index (χ0) is 18.7. The Labute approximate surface area is 163 Å². The molecule has 1 aliphatic heterocycles. The van der Waals surface area contributed by atoms with Crippen LogP contribution in [0.3, 0.4) is 0 Å². The summed E-state index contributed by atoms with van der Waals surface area (Å²) in [5, 5.41) is 7.21. The average molecular weight is 371 g/mol. The molecule has 27 heavy (non-hydrogen) atoms. The molecule has 1 saturated heterocycles. The summed E-state index contributed by atoms with van der Waals surface area (Å²) in [6, 6.07) is 8.91. The van der Waals surface area contributed by atoms with Gasteiger partial charge in [0.2, 0.25) is 0 Å². The second-order valence-corrected chi connectivity index (χ2v) is 8.48. The molecule has 148 valence electrons. The number of aliphatic imine (C=N–C) groups is 1. The number of hydrogen-bond donors (Lipinski definition) is 2. The molecular formula is C22H34N4O. The lowest BCUT2D eigenvalue weighted by Gasteiger charge is -2.29. The normalized spacial score (nSPS) is 23.1. The third kappa shape index (κ3) is 4.40. The summed E-state index contributed by atoms with van der Waals surface area (Å²) >= 11 is 0. The van der Waals surface area contributed by atoms with Crippen LogP contribution in [-0.2, 0) is 0 Å². The van der Waals surface area contributed by atoms with E-state index >= 15 is 0 Å². The SMILES string of the molecule is CN=C(NCC(c1ccc(OC)cc1)N1CCCC1)NCC1(C2CC2)CC1. The molecule has 2 N–H and O–H groups in total. The highest BCUT2D eigenvalue weighted by molar-refractivity contribution is 5.79. The van der Waals surface area contributed by atoms with Crippen molar-refractivity contribution < 1.29 is 4.74 Å². The number of likely N-dealkylation sites (tertiary alicyclic amines) is 1. The van der Waals surface area contributed by atoms with E-state index in [2.05, 4.69) is 44.8 Å². The Morgan fingerprint density at radius 2 is 1.89 bits per heavy atom. The molecule has 1 aromatic rings. The summed E-state index contributed by atoms with van der Waals surface area (Å²) in [4.78, 5) is 7.07. The van der Waals surface area contributed by atoms with Gasteiger partial charge in [0.25, 0.3) is 0 Å². The molecular weight excluding hydrogens is 336 g/mol. The number of nitrogens with zero attached hydrogens (tertiary/aromatic N) is 2. The summed E-state index contributed by atoms with van der Waals surface area (Å²) in [5.41, 5.74) is 1.93. The number of benzene rings is 1. The molecule has 2 saturated carbocycles. The fourth-order valence-electron chi connectivity index (χ4n) is 4.60. The van der Waals surface area contributed by atoms with Crippen LogP contribution in [0, 0.1) is 11.3 Å². The van der Waals surface area contributed by atoms with Gasteiger partial charge in [0.1, 0.15) is 5.75 Å². The van der Waals surface area contributed by atoms with Crippen LogP contribution in [0.2, 0.25) is 0 Å². The van der Waals surface area contributed by atoms with E-state index in [9.17, 15) is 0 Å². The quantitative estimate of drug-likeness (QED) is 0.545. The molecule has 5 nitrogen and oxygen atoms in total. The number of ether oxygens (including phenoxy) is 1. The molecule has 2 aliphatic carbocycles. The van der Waals surface area contributed by atoms with Gasteiger partial charge in [-0.1, -0.05) is 12.1 Å². The van der Waals surface area contributed by atoms with E-state index in [1.54, 1.807) is 7.11 Å². The Morgan fingerprint density at radius 3 is 2.44 bits per heavy atom. The first-order chi connectivity index (χ1) is 13.2. The Hall–Kier alpha value is -1.75. The Bertz CT molecular complexity index is 643. The maximum absolute atomic E-state index is 5.33. The third-order valence-corrected chi connectivity index (χ3v) is 6.71. The second kappa shape index (κ2) is 8.09. The number of rotatable bonds is 8. The zero-order valence-electron chi connectivity index (χ0n) is 16.8. The van der Waals surface area contributed by atoms with Gasteiger partial charge in [-0.2, -0.15) is 0 Å². The molecule has 0 spiro atoms. The van der Waals surface area contributed by atoms with Gasteiger partial charge >= 0.3 is 0 Å². The molecule has 0 amide bonds. The van der Waals surface area contributed by atoms with Gasteiger partial charge in [-0.15, -0.1) is 0 Å². The lowest BCUT2D eigenvalue weighted by atomic mass is 10.0. The summed E-state index contributed by atoms with van der Waals surface area (Å²) < 4.78 is 5.33. The Morgan fingerprint density at radius 1 is 1.19 bits per heavy atom. The minimum absolute atomic E-state index is 0.371. The zero-order valence-corrected chi connectivity index (χ0v) is 16.8. The highest BCUT2D eigenvalue weighted by Crippen LogP contribution is 2.60. The first-order valence-electron chi connectivity index (χ1n) is 10.6. The highest BCUT2D eigenvalue weighted by atomic mass is 16.5. The van der Waals surface area contributed by atoms with Gasteiger partial charge in [-0.3, -0.25) is 9.89 Å². The highest BCUT2D eigenvalue weighted by Gasteiger charge is 2.53. The Balaban J connectivity index is 1.36. The van der Waals surface area contributed by atoms with E-state index in [-0.39, 0.29) is 0 Å². The van der Waals surface area contributed by atoms with E-state index in [1.807, 2.05) is 7.05 Å². The van der Waals surface area contributed by atoms with Crippen LogP contribution < -0.4 is 15.4 Å². The lowest BCUT2D eigenvalue weighted by Crippen LogP contribution is -2.44. The number of hydrogen-bond acceptors (Lipinski definition) is 3. The summed E-state index contributed by atoms with van der Waals surface area (Å²) in [7, 11) is 3.60. The molecule has 4 rings (SSSR count). The van der Waals surface area contributed by atoms with Crippen LogP contribution in [0.5, 0.6) is 5.75 Å². The van der Waals surface area contributed by atoms with Gasteiger partial charge in [-0.05, 0) is 80.6 Å². The molecule has 3 fully saturated rings. The molecule has 0 aromatic heterocycles. The van der Waals surface area contributed by atoms with E-state index < -0.39 is 0 Å². The van der Waals surface area contributed by atoms with Crippen molar-refractivity contribution in [3.8, 4) is 5.75 Å². The topological polar surface area (TPSA) is 48.9 Å². The molecule has 0 radical (unpaired) electrons. The molecule has 5 heteroatoms. The van der Waals surface area contributed by atoms with Crippen LogP contribution in [-0.4, -0.2) is 51.2 Å². The number of methoxy groups -OCH3 is 1. The van der Waals surface area contributed by atoms with E-state index in [0.717, 1.165) is 30.7 Å². The first-order valence-corrected chi connectivity index (χ1v) is 10.6. The van der Waals surface area contributed by atoms with Crippen LogP contribution >= 0.6 is 0 Å². The van der Waals surface area contributed by atoms with E-state index in [1.165, 1.54) is 57.2 Å². The molecule has 3 aliphatic rings. The molecule has 1 atom stereocenters. The minimum atomic E-state index is 0.371. The Kier molecular flexibility index (Phi) is 5.58. The van der Waals surface area contributed by atoms with Gasteiger partial charge < -0.3 is 15.4 Å². The van der Waals surface area contributed by atoms with Gasteiger partial charge in [0.05, 0.1) is 13.2 Å². The van der Waals surface area contributed by atoms with Crippen molar-refractivity contribution in [2.24, 2.45) is 16.3 Å². The number of nitrogens with one attached hydrogen (secondary N) is 2. The summed E-state index contributed by atoms with van der Waals surface area (Å²) in [6.07, 6.45) is 8.24. The maximum atomic E-state index is 5.33. The van der Waals surface area contributed by atoms with Gasteiger partial charge in [0.15, 0.2) is 5.96 Å². The molecule has 0 bridgehead atoms. The van der Waals surface area contributed by atoms with E-state index in [0.29, 0.717) is 11.5 Å². The average Bonchev–Trinajstić information content (AvgIpc) is 3.63. The van der Waals surface area contributed by atoms with Crippen molar-refractivity contribution in [2.45, 2.75) is 44.6 Å². The predicted octanol–water partition coefficient (Wildman–Crippen LogP) is 3.19. The molecule has 1 aromatic carbocycles. The van der Waals surface area contributed by atoms with Crippen molar-refractivity contribution in [1.82, 2.24) is 15.5 Å². The van der Waals surface area contributed by atoms with Crippen LogP contribution in [0.25, 0.3) is 0 Å². The monoisotopic (exact) mass is 370 g/mol. The summed E-state index contributed by atoms with van der Waals surface area (Å²) in [6.45, 7) is 4.31. The van der Waals surface area contributed by atoms with Crippen LogP contribution in [0.4, 0.5) is 0 Å². The van der Waals surface area contributed by atoms with Crippen LogP contribution in [0.15, 0.2) is 29.3 Å². The largest absolute Gasteiger partial charge is 0.497 e. The number of guanidine groups is 1. The first kappa shape index (κ1) is 18.6. The third-order valence-electron chi connectivity index (χ3n) is 6.71. The standard InChI is InChI=1S/C22H34N4O/c1-23-21(25-16-22(11-12-22)18-7-8-18)24-15-20(26-13-3-4-14-26)17-5-9-19(27-2)10-6-17/h5-6,9-10,18,20H,3-4,7-8,11-16H2,1-2H3,(H2,23,24,25). The lowest BCUT2D eigenvalue weighted by molar-refractivity contribution is 0.245. The predicted molar refractivity (Wildman–Crippen MR) is 110 cm³/mol. The van der Waals surface area contributed by atoms with Gasteiger partial charge in [0, 0.05) is 20.1 Å². The van der Waals surface area contributed by atoms with Crippen molar-refractivity contribution >= 4 is 5.96 Å².